The first-order valence-corrected chi connectivity index (χ1v) is 5.37. The van der Waals surface area contributed by atoms with Gasteiger partial charge in [-0.05, 0) is 44.6 Å². The van der Waals surface area contributed by atoms with Crippen LogP contribution in [-0.2, 0) is 6.54 Å². The van der Waals surface area contributed by atoms with Crippen LogP contribution in [-0.4, -0.2) is 9.78 Å². The van der Waals surface area contributed by atoms with Crippen LogP contribution in [0, 0.1) is 12.8 Å². The van der Waals surface area contributed by atoms with Crippen LogP contribution in [0.25, 0.3) is 0 Å². The van der Waals surface area contributed by atoms with Gasteiger partial charge in [-0.1, -0.05) is 0 Å². The standard InChI is InChI=1S/C11H16N2/c1-8-6-11(10-4-5-10)12-13(8)7-9-2-3-9/h6,9-10H,2-5,7H2,1H3. The highest BCUT2D eigenvalue weighted by atomic mass is 15.3. The molecule has 2 nitrogen and oxygen atoms in total. The molecular formula is C11H16N2. The van der Waals surface area contributed by atoms with Crippen molar-refractivity contribution in [2.45, 2.75) is 45.1 Å². The van der Waals surface area contributed by atoms with E-state index in [-0.39, 0.29) is 0 Å². The molecular weight excluding hydrogens is 160 g/mol. The van der Waals surface area contributed by atoms with Gasteiger partial charge >= 0.3 is 0 Å². The van der Waals surface area contributed by atoms with Crippen molar-refractivity contribution in [2.75, 3.05) is 0 Å². The lowest BCUT2D eigenvalue weighted by Gasteiger charge is -2.00. The Hall–Kier alpha value is -0.790. The predicted octanol–water partition coefficient (Wildman–Crippen LogP) is 2.48. The number of aryl methyl sites for hydroxylation is 1. The number of hydrogen-bond donors (Lipinski definition) is 0. The Kier molecular flexibility index (Phi) is 1.52. The second-order valence-corrected chi connectivity index (χ2v) is 4.61. The van der Waals surface area contributed by atoms with Crippen LogP contribution in [0.3, 0.4) is 0 Å². The average Bonchev–Trinajstić information content (AvgIpc) is 2.97. The summed E-state index contributed by atoms with van der Waals surface area (Å²) in [7, 11) is 0. The molecule has 1 aromatic heterocycles. The summed E-state index contributed by atoms with van der Waals surface area (Å²) in [4.78, 5) is 0. The highest BCUT2D eigenvalue weighted by molar-refractivity contribution is 5.17. The normalized spacial score (nSPS) is 22.2. The summed E-state index contributed by atoms with van der Waals surface area (Å²) < 4.78 is 2.21. The molecule has 13 heavy (non-hydrogen) atoms. The summed E-state index contributed by atoms with van der Waals surface area (Å²) >= 11 is 0. The third-order valence-electron chi connectivity index (χ3n) is 3.12. The molecule has 1 aromatic rings. The fraction of sp³-hybridized carbons (Fsp3) is 0.727. The van der Waals surface area contributed by atoms with Crippen LogP contribution in [0.5, 0.6) is 0 Å². The van der Waals surface area contributed by atoms with E-state index >= 15 is 0 Å². The molecule has 0 amide bonds. The number of rotatable bonds is 3. The quantitative estimate of drug-likeness (QED) is 0.691. The van der Waals surface area contributed by atoms with Gasteiger partial charge in [0, 0.05) is 18.2 Å². The summed E-state index contributed by atoms with van der Waals surface area (Å²) in [6.45, 7) is 3.35. The Bertz CT molecular complexity index is 319. The summed E-state index contributed by atoms with van der Waals surface area (Å²) in [5.74, 6) is 1.74. The van der Waals surface area contributed by atoms with Crippen molar-refractivity contribution in [3.05, 3.63) is 17.5 Å². The van der Waals surface area contributed by atoms with Crippen molar-refractivity contribution < 1.29 is 0 Å². The van der Waals surface area contributed by atoms with Gasteiger partial charge in [-0.2, -0.15) is 5.10 Å². The minimum atomic E-state index is 0.805. The highest BCUT2D eigenvalue weighted by Gasteiger charge is 2.28. The van der Waals surface area contributed by atoms with Crippen molar-refractivity contribution in [1.82, 2.24) is 9.78 Å². The monoisotopic (exact) mass is 176 g/mol. The first kappa shape index (κ1) is 7.60. The zero-order valence-electron chi connectivity index (χ0n) is 8.16. The summed E-state index contributed by atoms with van der Waals surface area (Å²) in [6.07, 6.45) is 5.55. The van der Waals surface area contributed by atoms with Crippen molar-refractivity contribution >= 4 is 0 Å². The lowest BCUT2D eigenvalue weighted by atomic mass is 10.3. The molecule has 0 aromatic carbocycles. The molecule has 2 aliphatic carbocycles. The second kappa shape index (κ2) is 2.60. The molecule has 0 atom stereocenters. The third kappa shape index (κ3) is 1.50. The van der Waals surface area contributed by atoms with Crippen LogP contribution in [0.15, 0.2) is 6.07 Å². The maximum Gasteiger partial charge on any atom is 0.0658 e. The van der Waals surface area contributed by atoms with Gasteiger partial charge in [0.05, 0.1) is 5.69 Å². The van der Waals surface area contributed by atoms with Gasteiger partial charge in [0.15, 0.2) is 0 Å². The Morgan fingerprint density at radius 1 is 1.38 bits per heavy atom. The molecule has 2 aliphatic rings. The molecule has 70 valence electrons. The van der Waals surface area contributed by atoms with Crippen molar-refractivity contribution in [3.63, 3.8) is 0 Å². The molecule has 3 rings (SSSR count). The molecule has 0 aliphatic heterocycles. The van der Waals surface area contributed by atoms with E-state index in [4.69, 9.17) is 0 Å². The van der Waals surface area contributed by atoms with Crippen LogP contribution in [0.1, 0.15) is 43.0 Å². The van der Waals surface area contributed by atoms with Gasteiger partial charge in [0.25, 0.3) is 0 Å². The maximum absolute atomic E-state index is 4.67. The lowest BCUT2D eigenvalue weighted by Crippen LogP contribution is -2.03. The van der Waals surface area contributed by atoms with Gasteiger partial charge in [0.2, 0.25) is 0 Å². The Labute approximate surface area is 78.9 Å². The molecule has 0 saturated heterocycles. The van der Waals surface area contributed by atoms with Crippen LogP contribution < -0.4 is 0 Å². The lowest BCUT2D eigenvalue weighted by molar-refractivity contribution is 0.544. The molecule has 1 heterocycles. The summed E-state index contributed by atoms with van der Waals surface area (Å²) in [5, 5.41) is 4.67. The van der Waals surface area contributed by atoms with Gasteiger partial charge in [-0.3, -0.25) is 4.68 Å². The third-order valence-corrected chi connectivity index (χ3v) is 3.12. The predicted molar refractivity (Wildman–Crippen MR) is 51.7 cm³/mol. The van der Waals surface area contributed by atoms with E-state index < -0.39 is 0 Å². The summed E-state index contributed by atoms with van der Waals surface area (Å²) in [5.41, 5.74) is 2.70. The average molecular weight is 176 g/mol. The molecule has 2 fully saturated rings. The zero-order valence-corrected chi connectivity index (χ0v) is 8.16. The Morgan fingerprint density at radius 3 is 2.77 bits per heavy atom. The maximum atomic E-state index is 4.67. The van der Waals surface area contributed by atoms with E-state index in [9.17, 15) is 0 Å². The first-order chi connectivity index (χ1) is 6.33. The number of nitrogens with zero attached hydrogens (tertiary/aromatic N) is 2. The fourth-order valence-electron chi connectivity index (χ4n) is 1.84. The molecule has 0 radical (unpaired) electrons. The highest BCUT2D eigenvalue weighted by Crippen LogP contribution is 2.39. The number of aromatic nitrogens is 2. The van der Waals surface area contributed by atoms with Crippen LogP contribution in [0.4, 0.5) is 0 Å². The van der Waals surface area contributed by atoms with E-state index in [0.29, 0.717) is 0 Å². The molecule has 2 heteroatoms. The van der Waals surface area contributed by atoms with E-state index in [0.717, 1.165) is 11.8 Å². The fourth-order valence-corrected chi connectivity index (χ4v) is 1.84. The van der Waals surface area contributed by atoms with E-state index in [1.54, 1.807) is 0 Å². The van der Waals surface area contributed by atoms with E-state index in [1.165, 1.54) is 43.6 Å². The van der Waals surface area contributed by atoms with Crippen LogP contribution in [0.2, 0.25) is 0 Å². The molecule has 0 spiro atoms. The van der Waals surface area contributed by atoms with Crippen molar-refractivity contribution in [3.8, 4) is 0 Å². The minimum absolute atomic E-state index is 0.805. The van der Waals surface area contributed by atoms with E-state index in [2.05, 4.69) is 22.8 Å². The van der Waals surface area contributed by atoms with Crippen molar-refractivity contribution in [1.29, 1.82) is 0 Å². The molecule has 0 unspecified atom stereocenters. The topological polar surface area (TPSA) is 17.8 Å². The van der Waals surface area contributed by atoms with Crippen molar-refractivity contribution in [2.24, 2.45) is 5.92 Å². The van der Waals surface area contributed by atoms with Crippen LogP contribution >= 0.6 is 0 Å². The van der Waals surface area contributed by atoms with Gasteiger partial charge in [-0.15, -0.1) is 0 Å². The van der Waals surface area contributed by atoms with Gasteiger partial charge < -0.3 is 0 Å². The Balaban J connectivity index is 1.81. The first-order valence-electron chi connectivity index (χ1n) is 5.37. The molecule has 2 saturated carbocycles. The van der Waals surface area contributed by atoms with Gasteiger partial charge in [0.1, 0.15) is 0 Å². The minimum Gasteiger partial charge on any atom is -0.269 e. The van der Waals surface area contributed by atoms with Gasteiger partial charge in [-0.25, -0.2) is 0 Å². The second-order valence-electron chi connectivity index (χ2n) is 4.61. The molecule has 0 bridgehead atoms. The zero-order chi connectivity index (χ0) is 8.84. The Morgan fingerprint density at radius 2 is 2.15 bits per heavy atom. The molecule has 0 N–H and O–H groups in total. The largest absolute Gasteiger partial charge is 0.269 e. The number of hydrogen-bond acceptors (Lipinski definition) is 1. The smallest absolute Gasteiger partial charge is 0.0658 e. The van der Waals surface area contributed by atoms with E-state index in [1.807, 2.05) is 0 Å². The SMILES string of the molecule is Cc1cc(C2CC2)nn1CC1CC1. The summed E-state index contributed by atoms with van der Waals surface area (Å²) in [6, 6.07) is 2.28.